The molecule has 2 aromatic rings. The highest BCUT2D eigenvalue weighted by Gasteiger charge is 2.23. The Morgan fingerprint density at radius 1 is 1.37 bits per heavy atom. The van der Waals surface area contributed by atoms with E-state index < -0.39 is 0 Å². The molecule has 0 bridgehead atoms. The number of pyridine rings is 1. The van der Waals surface area contributed by atoms with Crippen LogP contribution in [0.15, 0.2) is 36.9 Å². The molecule has 0 radical (unpaired) electrons. The van der Waals surface area contributed by atoms with Crippen molar-refractivity contribution < 1.29 is 0 Å². The normalized spacial score (nSPS) is 18.8. The number of rotatable bonds is 3. The third-order valence-electron chi connectivity index (χ3n) is 3.65. The van der Waals surface area contributed by atoms with Gasteiger partial charge in [-0.3, -0.25) is 4.98 Å². The van der Waals surface area contributed by atoms with Crippen molar-refractivity contribution in [1.82, 2.24) is 15.0 Å². The number of hydrogen-bond donors (Lipinski definition) is 0. The molecule has 1 aliphatic rings. The lowest BCUT2D eigenvalue weighted by Crippen LogP contribution is -2.21. The minimum Gasteiger partial charge on any atom is -0.356 e. The lowest BCUT2D eigenvalue weighted by atomic mass is 10.0. The van der Waals surface area contributed by atoms with E-state index in [1.54, 1.807) is 6.33 Å². The zero-order valence-electron chi connectivity index (χ0n) is 11.2. The number of nitrogens with zero attached hydrogens (tertiary/aromatic N) is 4. The first-order valence-electron chi connectivity index (χ1n) is 6.74. The summed E-state index contributed by atoms with van der Waals surface area (Å²) in [5.74, 6) is 1.75. The fraction of sp³-hybridized carbons (Fsp3) is 0.400. The van der Waals surface area contributed by atoms with Crippen LogP contribution in [0.2, 0.25) is 0 Å². The number of aryl methyl sites for hydroxylation is 1. The van der Waals surface area contributed by atoms with E-state index in [-0.39, 0.29) is 0 Å². The first kappa shape index (κ1) is 12.1. The zero-order valence-corrected chi connectivity index (χ0v) is 11.2. The van der Waals surface area contributed by atoms with Gasteiger partial charge in [-0.2, -0.15) is 0 Å². The molecule has 19 heavy (non-hydrogen) atoms. The van der Waals surface area contributed by atoms with Gasteiger partial charge < -0.3 is 4.90 Å². The molecule has 4 heteroatoms. The highest BCUT2D eigenvalue weighted by molar-refractivity contribution is 5.40. The maximum Gasteiger partial charge on any atom is 0.132 e. The Hall–Kier alpha value is -1.97. The Morgan fingerprint density at radius 3 is 3.11 bits per heavy atom. The average Bonchev–Trinajstić information content (AvgIpc) is 2.88. The Bertz CT molecular complexity index is 541. The second-order valence-electron chi connectivity index (χ2n) is 5.18. The van der Waals surface area contributed by atoms with E-state index in [1.165, 1.54) is 12.0 Å². The average molecular weight is 254 g/mol. The van der Waals surface area contributed by atoms with Crippen molar-refractivity contribution in [3.8, 4) is 0 Å². The Morgan fingerprint density at radius 2 is 2.32 bits per heavy atom. The van der Waals surface area contributed by atoms with Crippen molar-refractivity contribution in [3.05, 3.63) is 48.2 Å². The summed E-state index contributed by atoms with van der Waals surface area (Å²) in [7, 11) is 0. The third kappa shape index (κ3) is 2.89. The van der Waals surface area contributed by atoms with Crippen LogP contribution in [0.1, 0.15) is 17.7 Å². The monoisotopic (exact) mass is 254 g/mol. The summed E-state index contributed by atoms with van der Waals surface area (Å²) in [5.41, 5.74) is 2.36. The van der Waals surface area contributed by atoms with Gasteiger partial charge in [0.25, 0.3) is 0 Å². The van der Waals surface area contributed by atoms with Crippen LogP contribution in [0.3, 0.4) is 0 Å². The first-order valence-corrected chi connectivity index (χ1v) is 6.74. The summed E-state index contributed by atoms with van der Waals surface area (Å²) >= 11 is 0. The van der Waals surface area contributed by atoms with Gasteiger partial charge in [-0.15, -0.1) is 0 Å². The molecule has 3 rings (SSSR count). The molecule has 1 aliphatic heterocycles. The predicted octanol–water partition coefficient (Wildman–Crippen LogP) is 2.25. The topological polar surface area (TPSA) is 41.9 Å². The quantitative estimate of drug-likeness (QED) is 0.842. The van der Waals surface area contributed by atoms with Crippen molar-refractivity contribution in [3.63, 3.8) is 0 Å². The summed E-state index contributed by atoms with van der Waals surface area (Å²) in [6.45, 7) is 4.17. The largest absolute Gasteiger partial charge is 0.356 e. The summed E-state index contributed by atoms with van der Waals surface area (Å²) in [5, 5.41) is 0. The maximum atomic E-state index is 4.37. The molecule has 98 valence electrons. The second-order valence-corrected chi connectivity index (χ2v) is 5.18. The minimum absolute atomic E-state index is 0.694. The molecule has 1 saturated heterocycles. The number of anilines is 1. The van der Waals surface area contributed by atoms with Gasteiger partial charge in [0.1, 0.15) is 12.1 Å². The zero-order chi connectivity index (χ0) is 13.1. The molecule has 1 atom stereocenters. The van der Waals surface area contributed by atoms with Crippen LogP contribution in [-0.4, -0.2) is 28.0 Å². The predicted molar refractivity (Wildman–Crippen MR) is 75.0 cm³/mol. The molecule has 2 aromatic heterocycles. The van der Waals surface area contributed by atoms with E-state index in [0.717, 1.165) is 31.0 Å². The highest BCUT2D eigenvalue weighted by Crippen LogP contribution is 2.24. The Balaban J connectivity index is 1.64. The fourth-order valence-corrected chi connectivity index (χ4v) is 2.67. The Kier molecular flexibility index (Phi) is 3.40. The Labute approximate surface area is 113 Å². The van der Waals surface area contributed by atoms with Crippen molar-refractivity contribution in [2.75, 3.05) is 18.0 Å². The van der Waals surface area contributed by atoms with Crippen LogP contribution in [-0.2, 0) is 6.42 Å². The van der Waals surface area contributed by atoms with Crippen LogP contribution in [0, 0.1) is 12.8 Å². The highest BCUT2D eigenvalue weighted by atomic mass is 15.2. The smallest absolute Gasteiger partial charge is 0.132 e. The van der Waals surface area contributed by atoms with Gasteiger partial charge in [0.15, 0.2) is 0 Å². The molecule has 0 amide bonds. The van der Waals surface area contributed by atoms with Gasteiger partial charge in [-0.05, 0) is 37.3 Å². The second kappa shape index (κ2) is 5.34. The molecule has 0 aromatic carbocycles. The standard InChI is InChI=1S/C15H18N4/c1-12-7-15(18-11-17-12)19-6-4-14(10-19)8-13-3-2-5-16-9-13/h2-3,5,7,9,11,14H,4,6,8,10H2,1H3/t14-/m0/s1. The molecule has 3 heterocycles. The lowest BCUT2D eigenvalue weighted by molar-refractivity contribution is 0.585. The van der Waals surface area contributed by atoms with Crippen LogP contribution >= 0.6 is 0 Å². The van der Waals surface area contributed by atoms with E-state index in [2.05, 4.69) is 32.0 Å². The van der Waals surface area contributed by atoms with Gasteiger partial charge in [0.05, 0.1) is 0 Å². The van der Waals surface area contributed by atoms with Crippen molar-refractivity contribution in [2.45, 2.75) is 19.8 Å². The van der Waals surface area contributed by atoms with Crippen LogP contribution in [0.25, 0.3) is 0 Å². The summed E-state index contributed by atoms with van der Waals surface area (Å²) in [6.07, 6.45) is 7.77. The van der Waals surface area contributed by atoms with Gasteiger partial charge >= 0.3 is 0 Å². The van der Waals surface area contributed by atoms with Crippen molar-refractivity contribution in [1.29, 1.82) is 0 Å². The summed E-state index contributed by atoms with van der Waals surface area (Å²) in [6, 6.07) is 6.23. The van der Waals surface area contributed by atoms with E-state index in [0.29, 0.717) is 5.92 Å². The minimum atomic E-state index is 0.694. The van der Waals surface area contributed by atoms with Crippen molar-refractivity contribution >= 4 is 5.82 Å². The van der Waals surface area contributed by atoms with Crippen LogP contribution < -0.4 is 4.90 Å². The van der Waals surface area contributed by atoms with E-state index >= 15 is 0 Å². The van der Waals surface area contributed by atoms with Crippen LogP contribution in [0.5, 0.6) is 0 Å². The fourth-order valence-electron chi connectivity index (χ4n) is 2.67. The van der Waals surface area contributed by atoms with E-state index in [1.807, 2.05) is 25.4 Å². The molecule has 1 fully saturated rings. The molecule has 0 spiro atoms. The molecule has 0 N–H and O–H groups in total. The SMILES string of the molecule is Cc1cc(N2CC[C@@H](Cc3cccnc3)C2)ncn1. The van der Waals surface area contributed by atoms with E-state index in [4.69, 9.17) is 0 Å². The van der Waals surface area contributed by atoms with Crippen molar-refractivity contribution in [2.24, 2.45) is 5.92 Å². The molecule has 0 unspecified atom stereocenters. The summed E-state index contributed by atoms with van der Waals surface area (Å²) in [4.78, 5) is 15.1. The van der Waals surface area contributed by atoms with Crippen LogP contribution in [0.4, 0.5) is 5.82 Å². The van der Waals surface area contributed by atoms with E-state index in [9.17, 15) is 0 Å². The maximum absolute atomic E-state index is 4.37. The first-order chi connectivity index (χ1) is 9.31. The molecule has 4 nitrogen and oxygen atoms in total. The van der Waals surface area contributed by atoms with Gasteiger partial charge in [0.2, 0.25) is 0 Å². The lowest BCUT2D eigenvalue weighted by Gasteiger charge is -2.17. The summed E-state index contributed by atoms with van der Waals surface area (Å²) < 4.78 is 0. The molecule has 0 saturated carbocycles. The molecular formula is C15H18N4. The third-order valence-corrected chi connectivity index (χ3v) is 3.65. The molecule has 0 aliphatic carbocycles. The van der Waals surface area contributed by atoms with Gasteiger partial charge in [-0.25, -0.2) is 9.97 Å². The number of hydrogen-bond acceptors (Lipinski definition) is 4. The number of aromatic nitrogens is 3. The molecular weight excluding hydrogens is 236 g/mol. The van der Waals surface area contributed by atoms with Gasteiger partial charge in [0, 0.05) is 37.2 Å². The van der Waals surface area contributed by atoms with Gasteiger partial charge in [-0.1, -0.05) is 6.07 Å².